The molecule has 2 heterocycles. The monoisotopic (exact) mass is 242 g/mol. The molecule has 2 saturated heterocycles. The van der Waals surface area contributed by atoms with Crippen molar-refractivity contribution in [3.8, 4) is 0 Å². The van der Waals surface area contributed by atoms with Gasteiger partial charge in [0.1, 0.15) is 0 Å². The number of β-amino-alcohol motifs (C(OH)–C–C–N with tert-alkyl or cyclic N) is 1. The van der Waals surface area contributed by atoms with E-state index in [9.17, 15) is 5.11 Å². The van der Waals surface area contributed by atoms with Crippen molar-refractivity contribution in [2.75, 3.05) is 39.3 Å². The molecule has 2 N–H and O–H groups in total. The van der Waals surface area contributed by atoms with Crippen LogP contribution >= 0.6 is 0 Å². The molecule has 0 aliphatic carbocycles. The summed E-state index contributed by atoms with van der Waals surface area (Å²) in [5, 5.41) is 18.0. The van der Waals surface area contributed by atoms with Crippen LogP contribution in [0.2, 0.25) is 0 Å². The van der Waals surface area contributed by atoms with Crippen LogP contribution < -0.4 is 0 Å². The van der Waals surface area contributed by atoms with Gasteiger partial charge < -0.3 is 15.1 Å². The summed E-state index contributed by atoms with van der Waals surface area (Å²) in [4.78, 5) is 4.97. The number of hydrogen-bond donors (Lipinski definition) is 2. The first-order valence-electron chi connectivity index (χ1n) is 7.05. The van der Waals surface area contributed by atoms with Gasteiger partial charge in [0, 0.05) is 25.7 Å². The average Bonchev–Trinajstić information content (AvgIpc) is 2.32. The standard InChI is InChI=1S/C13H26N2O2/c16-9-3-1-2-6-14-7-4-12(5-8-14)15-10-13(17)11-15/h12-13,16-17H,1-11H2. The Bertz CT molecular complexity index is 211. The van der Waals surface area contributed by atoms with Gasteiger partial charge >= 0.3 is 0 Å². The third kappa shape index (κ3) is 3.91. The van der Waals surface area contributed by atoms with Crippen molar-refractivity contribution in [3.63, 3.8) is 0 Å². The fraction of sp³-hybridized carbons (Fsp3) is 1.00. The second-order valence-electron chi connectivity index (χ2n) is 5.46. The minimum atomic E-state index is -0.0634. The Morgan fingerprint density at radius 3 is 2.29 bits per heavy atom. The van der Waals surface area contributed by atoms with Crippen LogP contribution in [0.4, 0.5) is 0 Å². The molecule has 0 atom stereocenters. The van der Waals surface area contributed by atoms with Crippen LogP contribution in [0, 0.1) is 0 Å². The van der Waals surface area contributed by atoms with Gasteiger partial charge in [-0.1, -0.05) is 0 Å². The highest BCUT2D eigenvalue weighted by Gasteiger charge is 2.32. The summed E-state index contributed by atoms with van der Waals surface area (Å²) in [6, 6.07) is 0.715. The summed E-state index contributed by atoms with van der Waals surface area (Å²) in [5.74, 6) is 0. The molecule has 0 saturated carbocycles. The van der Waals surface area contributed by atoms with Gasteiger partial charge in [-0.15, -0.1) is 0 Å². The molecule has 100 valence electrons. The quantitative estimate of drug-likeness (QED) is 0.657. The number of aliphatic hydroxyl groups excluding tert-OH is 2. The molecule has 2 rings (SSSR count). The van der Waals surface area contributed by atoms with E-state index in [0.717, 1.165) is 25.9 Å². The molecule has 4 nitrogen and oxygen atoms in total. The first kappa shape index (κ1) is 13.3. The predicted octanol–water partition coefficient (Wildman–Crippen LogP) is 0.290. The van der Waals surface area contributed by atoms with Gasteiger partial charge in [0.25, 0.3) is 0 Å². The van der Waals surface area contributed by atoms with Gasteiger partial charge in [0.05, 0.1) is 6.10 Å². The Hall–Kier alpha value is -0.160. The molecule has 0 unspecified atom stereocenters. The zero-order chi connectivity index (χ0) is 12.1. The van der Waals surface area contributed by atoms with E-state index in [1.165, 1.54) is 38.9 Å². The van der Waals surface area contributed by atoms with E-state index >= 15 is 0 Å². The summed E-state index contributed by atoms with van der Waals surface area (Å²) in [5.41, 5.74) is 0. The maximum absolute atomic E-state index is 9.30. The molecule has 2 fully saturated rings. The number of hydrogen-bond acceptors (Lipinski definition) is 4. The Balaban J connectivity index is 1.55. The zero-order valence-corrected chi connectivity index (χ0v) is 10.7. The normalized spacial score (nSPS) is 25.1. The van der Waals surface area contributed by atoms with Crippen LogP contribution in [0.5, 0.6) is 0 Å². The van der Waals surface area contributed by atoms with E-state index in [4.69, 9.17) is 5.11 Å². The Morgan fingerprint density at radius 2 is 1.71 bits per heavy atom. The van der Waals surface area contributed by atoms with Crippen molar-refractivity contribution < 1.29 is 10.2 Å². The summed E-state index contributed by atoms with van der Waals surface area (Å²) in [6.07, 6.45) is 5.76. The lowest BCUT2D eigenvalue weighted by Gasteiger charge is -2.45. The Labute approximate surface area is 104 Å². The number of aliphatic hydroxyl groups is 2. The molecule has 0 aromatic rings. The van der Waals surface area contributed by atoms with E-state index in [1.54, 1.807) is 0 Å². The van der Waals surface area contributed by atoms with Crippen LogP contribution in [-0.2, 0) is 0 Å². The molecule has 2 aliphatic rings. The molecule has 0 spiro atoms. The van der Waals surface area contributed by atoms with E-state index in [1.807, 2.05) is 0 Å². The van der Waals surface area contributed by atoms with Crippen molar-refractivity contribution in [1.29, 1.82) is 0 Å². The van der Waals surface area contributed by atoms with Gasteiger partial charge in [-0.05, 0) is 51.7 Å². The average molecular weight is 242 g/mol. The number of likely N-dealkylation sites (tertiary alicyclic amines) is 2. The Morgan fingerprint density at radius 1 is 1.00 bits per heavy atom. The minimum absolute atomic E-state index is 0.0634. The summed E-state index contributed by atoms with van der Waals surface area (Å²) >= 11 is 0. The van der Waals surface area contributed by atoms with Crippen molar-refractivity contribution in [2.45, 2.75) is 44.2 Å². The second-order valence-corrected chi connectivity index (χ2v) is 5.46. The van der Waals surface area contributed by atoms with Crippen LogP contribution in [-0.4, -0.2) is 71.5 Å². The molecule has 4 heteroatoms. The summed E-state index contributed by atoms with van der Waals surface area (Å²) < 4.78 is 0. The first-order chi connectivity index (χ1) is 8.29. The summed E-state index contributed by atoms with van der Waals surface area (Å²) in [6.45, 7) is 5.71. The van der Waals surface area contributed by atoms with Crippen molar-refractivity contribution in [2.24, 2.45) is 0 Å². The highest BCUT2D eigenvalue weighted by molar-refractivity contribution is 4.88. The van der Waals surface area contributed by atoms with Crippen molar-refractivity contribution in [1.82, 2.24) is 9.80 Å². The largest absolute Gasteiger partial charge is 0.396 e. The predicted molar refractivity (Wildman–Crippen MR) is 68.0 cm³/mol. The van der Waals surface area contributed by atoms with E-state index in [0.29, 0.717) is 12.6 Å². The molecule has 17 heavy (non-hydrogen) atoms. The third-order valence-corrected chi connectivity index (χ3v) is 4.10. The topological polar surface area (TPSA) is 46.9 Å². The minimum Gasteiger partial charge on any atom is -0.396 e. The van der Waals surface area contributed by atoms with Gasteiger partial charge in [-0.3, -0.25) is 4.90 Å². The second kappa shape index (κ2) is 6.69. The van der Waals surface area contributed by atoms with Crippen LogP contribution in [0.1, 0.15) is 32.1 Å². The van der Waals surface area contributed by atoms with Gasteiger partial charge in [-0.25, -0.2) is 0 Å². The maximum Gasteiger partial charge on any atom is 0.0794 e. The van der Waals surface area contributed by atoms with Crippen molar-refractivity contribution in [3.05, 3.63) is 0 Å². The van der Waals surface area contributed by atoms with Gasteiger partial charge in [-0.2, -0.15) is 0 Å². The Kier molecular flexibility index (Phi) is 5.22. The van der Waals surface area contributed by atoms with Gasteiger partial charge in [0.2, 0.25) is 0 Å². The number of piperidine rings is 1. The molecule has 0 aromatic carbocycles. The smallest absolute Gasteiger partial charge is 0.0794 e. The highest BCUT2D eigenvalue weighted by Crippen LogP contribution is 2.21. The van der Waals surface area contributed by atoms with Crippen LogP contribution in [0.3, 0.4) is 0 Å². The van der Waals surface area contributed by atoms with E-state index in [2.05, 4.69) is 9.80 Å². The molecular weight excluding hydrogens is 216 g/mol. The highest BCUT2D eigenvalue weighted by atomic mass is 16.3. The lowest BCUT2D eigenvalue weighted by Crippen LogP contribution is -2.57. The van der Waals surface area contributed by atoms with Crippen LogP contribution in [0.25, 0.3) is 0 Å². The molecule has 0 amide bonds. The molecular formula is C13H26N2O2. The summed E-state index contributed by atoms with van der Waals surface area (Å²) in [7, 11) is 0. The van der Waals surface area contributed by atoms with Gasteiger partial charge in [0.15, 0.2) is 0 Å². The molecule has 0 aromatic heterocycles. The van der Waals surface area contributed by atoms with Crippen LogP contribution in [0.15, 0.2) is 0 Å². The molecule has 0 bridgehead atoms. The molecule has 0 radical (unpaired) electrons. The maximum atomic E-state index is 9.30. The number of rotatable bonds is 6. The SMILES string of the molecule is OCCCCCN1CCC(N2CC(O)C2)CC1. The fourth-order valence-corrected chi connectivity index (χ4v) is 2.92. The third-order valence-electron chi connectivity index (χ3n) is 4.10. The number of nitrogens with zero attached hydrogens (tertiary/aromatic N) is 2. The lowest BCUT2D eigenvalue weighted by molar-refractivity contribution is -0.0397. The number of unbranched alkanes of at least 4 members (excludes halogenated alkanes) is 2. The zero-order valence-electron chi connectivity index (χ0n) is 10.7. The molecule has 2 aliphatic heterocycles. The first-order valence-corrected chi connectivity index (χ1v) is 7.05. The van der Waals surface area contributed by atoms with E-state index < -0.39 is 0 Å². The van der Waals surface area contributed by atoms with E-state index in [-0.39, 0.29) is 6.10 Å². The fourth-order valence-electron chi connectivity index (χ4n) is 2.92. The van der Waals surface area contributed by atoms with Crippen molar-refractivity contribution >= 4 is 0 Å². The lowest BCUT2D eigenvalue weighted by atomic mass is 9.98.